The lowest BCUT2D eigenvalue weighted by Gasteiger charge is -2.23. The third-order valence-corrected chi connectivity index (χ3v) is 4.21. The number of pyridine rings is 1. The van der Waals surface area contributed by atoms with E-state index in [1.54, 1.807) is 12.3 Å². The van der Waals surface area contributed by atoms with Gasteiger partial charge in [0.1, 0.15) is 0 Å². The van der Waals surface area contributed by atoms with Gasteiger partial charge in [-0.1, -0.05) is 6.07 Å². The maximum atomic E-state index is 12.0. The van der Waals surface area contributed by atoms with E-state index in [2.05, 4.69) is 15.0 Å². The highest BCUT2D eigenvalue weighted by Crippen LogP contribution is 2.09. The number of hydrogen-bond acceptors (Lipinski definition) is 4. The van der Waals surface area contributed by atoms with Gasteiger partial charge in [0.05, 0.1) is 0 Å². The summed E-state index contributed by atoms with van der Waals surface area (Å²) in [5, 5.41) is 3.26. The molecule has 0 saturated carbocycles. The van der Waals surface area contributed by atoms with E-state index in [4.69, 9.17) is 0 Å². The summed E-state index contributed by atoms with van der Waals surface area (Å²) in [6, 6.07) is 3.26. The maximum Gasteiger partial charge on any atom is 0.258 e. The monoisotopic (exact) mass is 255 g/mol. The molecule has 0 amide bonds. The molecule has 94 valence electrons. The van der Waals surface area contributed by atoms with Gasteiger partial charge in [0.2, 0.25) is 0 Å². The van der Waals surface area contributed by atoms with Gasteiger partial charge in [0, 0.05) is 18.8 Å². The largest absolute Gasteiger partial charge is 0.315 e. The number of sulfonamides is 1. The molecule has 0 radical (unpaired) electrons. The minimum Gasteiger partial charge on any atom is -0.315 e. The third-order valence-electron chi connectivity index (χ3n) is 2.78. The first-order chi connectivity index (χ1) is 8.08. The maximum absolute atomic E-state index is 12.0. The van der Waals surface area contributed by atoms with E-state index in [0.717, 1.165) is 24.9 Å². The Labute approximate surface area is 102 Å². The third kappa shape index (κ3) is 3.24. The standard InChI is InChI=1S/C11H17N3O2S/c1-9-4-5-11(13-7-9)17(15,16)14-10-3-2-6-12-8-10/h4-5,7,10,12,14H,2-3,6,8H2,1H3/t10-/m0/s1. The summed E-state index contributed by atoms with van der Waals surface area (Å²) in [7, 11) is -3.48. The fraction of sp³-hybridized carbons (Fsp3) is 0.545. The molecule has 2 rings (SSSR count). The van der Waals surface area contributed by atoms with Crippen LogP contribution in [0.3, 0.4) is 0 Å². The molecule has 17 heavy (non-hydrogen) atoms. The van der Waals surface area contributed by atoms with Crippen molar-refractivity contribution in [2.75, 3.05) is 13.1 Å². The van der Waals surface area contributed by atoms with Crippen molar-refractivity contribution in [3.05, 3.63) is 23.9 Å². The molecule has 0 unspecified atom stereocenters. The summed E-state index contributed by atoms with van der Waals surface area (Å²) >= 11 is 0. The molecule has 1 fully saturated rings. The predicted octanol–water partition coefficient (Wildman–Crippen LogP) is 0.420. The van der Waals surface area contributed by atoms with Crippen molar-refractivity contribution in [3.63, 3.8) is 0 Å². The molecule has 1 saturated heterocycles. The van der Waals surface area contributed by atoms with Crippen LogP contribution in [0.4, 0.5) is 0 Å². The lowest BCUT2D eigenvalue weighted by atomic mass is 10.1. The van der Waals surface area contributed by atoms with Crippen molar-refractivity contribution < 1.29 is 8.42 Å². The minimum atomic E-state index is -3.48. The zero-order valence-corrected chi connectivity index (χ0v) is 10.6. The Bertz CT molecular complexity index is 464. The molecular formula is C11H17N3O2S. The van der Waals surface area contributed by atoms with E-state index < -0.39 is 10.0 Å². The number of rotatable bonds is 3. The van der Waals surface area contributed by atoms with Gasteiger partial charge in [-0.2, -0.15) is 0 Å². The Balaban J connectivity index is 2.10. The number of piperidine rings is 1. The van der Waals surface area contributed by atoms with Crippen LogP contribution in [-0.4, -0.2) is 32.5 Å². The van der Waals surface area contributed by atoms with E-state index >= 15 is 0 Å². The Hall–Kier alpha value is -0.980. The van der Waals surface area contributed by atoms with Gasteiger partial charge in [-0.15, -0.1) is 0 Å². The molecule has 5 nitrogen and oxygen atoms in total. The Kier molecular flexibility index (Phi) is 3.76. The average molecular weight is 255 g/mol. The molecule has 0 aromatic carbocycles. The van der Waals surface area contributed by atoms with Gasteiger partial charge in [-0.3, -0.25) is 0 Å². The SMILES string of the molecule is Cc1ccc(S(=O)(=O)N[C@H]2CCCNC2)nc1. The van der Waals surface area contributed by atoms with Crippen molar-refractivity contribution >= 4 is 10.0 Å². The number of nitrogens with zero attached hydrogens (tertiary/aromatic N) is 1. The summed E-state index contributed by atoms with van der Waals surface area (Å²) in [5.74, 6) is 0. The lowest BCUT2D eigenvalue weighted by Crippen LogP contribution is -2.45. The molecule has 1 aromatic rings. The van der Waals surface area contributed by atoms with Crippen LogP contribution in [0.2, 0.25) is 0 Å². The second-order valence-electron chi connectivity index (χ2n) is 4.34. The van der Waals surface area contributed by atoms with Crippen LogP contribution in [0.5, 0.6) is 0 Å². The van der Waals surface area contributed by atoms with Crippen molar-refractivity contribution in [3.8, 4) is 0 Å². The van der Waals surface area contributed by atoms with Crippen LogP contribution in [0.15, 0.2) is 23.4 Å². The molecule has 0 aliphatic carbocycles. The Morgan fingerprint density at radius 2 is 2.29 bits per heavy atom. The second-order valence-corrected chi connectivity index (χ2v) is 6.00. The van der Waals surface area contributed by atoms with E-state index in [0.29, 0.717) is 6.54 Å². The summed E-state index contributed by atoms with van der Waals surface area (Å²) in [5.41, 5.74) is 0.947. The zero-order valence-electron chi connectivity index (χ0n) is 9.81. The number of aryl methyl sites for hydroxylation is 1. The average Bonchev–Trinajstić information content (AvgIpc) is 2.30. The highest BCUT2D eigenvalue weighted by Gasteiger charge is 2.22. The molecule has 6 heteroatoms. The zero-order chi connectivity index (χ0) is 12.3. The van der Waals surface area contributed by atoms with Gasteiger partial charge < -0.3 is 5.32 Å². The minimum absolute atomic E-state index is 0.0307. The second kappa shape index (κ2) is 5.12. The molecular weight excluding hydrogens is 238 g/mol. The van der Waals surface area contributed by atoms with Crippen LogP contribution in [-0.2, 0) is 10.0 Å². The summed E-state index contributed by atoms with van der Waals surface area (Å²) in [4.78, 5) is 3.94. The number of aromatic nitrogens is 1. The predicted molar refractivity (Wildman–Crippen MR) is 65.2 cm³/mol. The van der Waals surface area contributed by atoms with E-state index in [1.807, 2.05) is 6.92 Å². The normalized spacial score (nSPS) is 21.4. The van der Waals surface area contributed by atoms with E-state index in [-0.39, 0.29) is 11.1 Å². The molecule has 2 N–H and O–H groups in total. The van der Waals surface area contributed by atoms with Crippen molar-refractivity contribution in [2.45, 2.75) is 30.8 Å². The van der Waals surface area contributed by atoms with E-state index in [1.165, 1.54) is 6.07 Å². The smallest absolute Gasteiger partial charge is 0.258 e. The first-order valence-corrected chi connectivity index (χ1v) is 7.22. The first kappa shape index (κ1) is 12.5. The molecule has 1 atom stereocenters. The van der Waals surface area contributed by atoms with Crippen molar-refractivity contribution in [1.82, 2.24) is 15.0 Å². The van der Waals surface area contributed by atoms with Crippen LogP contribution in [0, 0.1) is 6.92 Å². The van der Waals surface area contributed by atoms with Gasteiger partial charge in [0.25, 0.3) is 10.0 Å². The summed E-state index contributed by atoms with van der Waals surface area (Å²) in [6.07, 6.45) is 3.43. The van der Waals surface area contributed by atoms with Gasteiger partial charge >= 0.3 is 0 Å². The Morgan fingerprint density at radius 3 is 2.88 bits per heavy atom. The highest BCUT2D eigenvalue weighted by molar-refractivity contribution is 7.89. The topological polar surface area (TPSA) is 71.1 Å². The highest BCUT2D eigenvalue weighted by atomic mass is 32.2. The van der Waals surface area contributed by atoms with Crippen molar-refractivity contribution in [2.24, 2.45) is 0 Å². The van der Waals surface area contributed by atoms with Gasteiger partial charge in [-0.25, -0.2) is 18.1 Å². The molecule has 0 bridgehead atoms. The van der Waals surface area contributed by atoms with Crippen LogP contribution >= 0.6 is 0 Å². The summed E-state index contributed by atoms with van der Waals surface area (Å²) in [6.45, 7) is 3.52. The van der Waals surface area contributed by atoms with Gasteiger partial charge in [0.15, 0.2) is 5.03 Å². The Morgan fingerprint density at radius 1 is 1.47 bits per heavy atom. The quantitative estimate of drug-likeness (QED) is 0.821. The van der Waals surface area contributed by atoms with Crippen molar-refractivity contribution in [1.29, 1.82) is 0 Å². The summed E-state index contributed by atoms with van der Waals surface area (Å²) < 4.78 is 26.7. The fourth-order valence-corrected chi connectivity index (χ4v) is 3.04. The molecule has 0 spiro atoms. The number of hydrogen-bond donors (Lipinski definition) is 2. The molecule has 1 aliphatic rings. The number of nitrogens with one attached hydrogen (secondary N) is 2. The fourth-order valence-electron chi connectivity index (χ4n) is 1.85. The van der Waals surface area contributed by atoms with Gasteiger partial charge in [-0.05, 0) is 37.9 Å². The lowest BCUT2D eigenvalue weighted by molar-refractivity contribution is 0.428. The van der Waals surface area contributed by atoms with Crippen LogP contribution in [0.25, 0.3) is 0 Å². The molecule has 2 heterocycles. The first-order valence-electron chi connectivity index (χ1n) is 5.74. The molecule has 1 aromatic heterocycles. The van der Waals surface area contributed by atoms with Crippen LogP contribution in [0.1, 0.15) is 18.4 Å². The van der Waals surface area contributed by atoms with Crippen LogP contribution < -0.4 is 10.0 Å². The molecule has 1 aliphatic heterocycles. The van der Waals surface area contributed by atoms with E-state index in [9.17, 15) is 8.42 Å².